The van der Waals surface area contributed by atoms with Crippen molar-refractivity contribution in [3.8, 4) is 0 Å². The van der Waals surface area contributed by atoms with E-state index in [2.05, 4.69) is 14.9 Å². The van der Waals surface area contributed by atoms with Crippen LogP contribution in [0.25, 0.3) is 0 Å². The molecule has 1 aromatic heterocycles. The van der Waals surface area contributed by atoms with E-state index in [1.807, 2.05) is 7.05 Å². The molecular formula is C11H17ClN4O2S. The fourth-order valence-corrected chi connectivity index (χ4v) is 3.56. The summed E-state index contributed by atoms with van der Waals surface area (Å²) in [7, 11) is 0.109. The van der Waals surface area contributed by atoms with Crippen molar-refractivity contribution in [3.63, 3.8) is 0 Å². The van der Waals surface area contributed by atoms with Gasteiger partial charge in [0.05, 0.1) is 12.4 Å². The Kier molecular flexibility index (Phi) is 4.39. The lowest BCUT2D eigenvalue weighted by atomic mass is 10.1. The van der Waals surface area contributed by atoms with Gasteiger partial charge in [-0.15, -0.1) is 0 Å². The number of hydrogen-bond acceptors (Lipinski definition) is 5. The predicted octanol–water partition coefficient (Wildman–Crippen LogP) is 0.845. The zero-order chi connectivity index (χ0) is 14.0. The van der Waals surface area contributed by atoms with Gasteiger partial charge in [-0.3, -0.25) is 0 Å². The number of halogens is 1. The largest absolute Gasteiger partial charge is 0.306 e. The zero-order valence-corrected chi connectivity index (χ0v) is 12.5. The molecule has 19 heavy (non-hydrogen) atoms. The van der Waals surface area contributed by atoms with Crippen LogP contribution in [0.4, 0.5) is 0 Å². The van der Waals surface area contributed by atoms with Crippen molar-refractivity contribution < 1.29 is 8.42 Å². The van der Waals surface area contributed by atoms with Gasteiger partial charge in [-0.1, -0.05) is 0 Å². The van der Waals surface area contributed by atoms with E-state index >= 15 is 0 Å². The summed E-state index contributed by atoms with van der Waals surface area (Å²) < 4.78 is 26.3. The number of hydrogen-bond donors (Lipinski definition) is 0. The standard InChI is InChI=1S/C11H17ClN4O2S/c1-15-5-3-9(4-6-15)16(2)19(17,18)10-7-13-11(12)14-8-10/h7-9H,3-6H2,1-2H3. The molecular weight excluding hydrogens is 288 g/mol. The smallest absolute Gasteiger partial charge is 0.246 e. The van der Waals surface area contributed by atoms with Crippen LogP contribution >= 0.6 is 11.6 Å². The molecule has 0 aromatic carbocycles. The van der Waals surface area contributed by atoms with Crippen LogP contribution in [-0.2, 0) is 10.0 Å². The van der Waals surface area contributed by atoms with E-state index in [0.717, 1.165) is 25.9 Å². The molecule has 0 aliphatic carbocycles. The first-order valence-electron chi connectivity index (χ1n) is 6.05. The van der Waals surface area contributed by atoms with Crippen molar-refractivity contribution in [1.82, 2.24) is 19.2 Å². The van der Waals surface area contributed by atoms with Gasteiger partial charge in [-0.2, -0.15) is 4.31 Å². The highest BCUT2D eigenvalue weighted by Crippen LogP contribution is 2.21. The van der Waals surface area contributed by atoms with Crippen molar-refractivity contribution in [2.75, 3.05) is 27.2 Å². The Bertz CT molecular complexity index is 526. The molecule has 0 saturated carbocycles. The molecule has 106 valence electrons. The van der Waals surface area contributed by atoms with Crippen LogP contribution in [0.1, 0.15) is 12.8 Å². The lowest BCUT2D eigenvalue weighted by Gasteiger charge is -2.34. The van der Waals surface area contributed by atoms with Crippen molar-refractivity contribution in [1.29, 1.82) is 0 Å². The second-order valence-corrected chi connectivity index (χ2v) is 7.08. The van der Waals surface area contributed by atoms with Gasteiger partial charge in [0, 0.05) is 13.1 Å². The first kappa shape index (κ1) is 14.6. The van der Waals surface area contributed by atoms with Gasteiger partial charge < -0.3 is 4.90 Å². The molecule has 2 heterocycles. The third-order valence-corrected chi connectivity index (χ3v) is 5.53. The van der Waals surface area contributed by atoms with Gasteiger partial charge in [0.2, 0.25) is 15.3 Å². The van der Waals surface area contributed by atoms with Crippen LogP contribution in [-0.4, -0.2) is 60.8 Å². The Morgan fingerprint density at radius 2 is 1.84 bits per heavy atom. The minimum atomic E-state index is -3.54. The van der Waals surface area contributed by atoms with E-state index < -0.39 is 10.0 Å². The van der Waals surface area contributed by atoms with E-state index in [9.17, 15) is 8.42 Å². The molecule has 0 atom stereocenters. The van der Waals surface area contributed by atoms with Crippen molar-refractivity contribution in [3.05, 3.63) is 17.7 Å². The summed E-state index contributed by atoms with van der Waals surface area (Å²) >= 11 is 5.57. The maximum absolute atomic E-state index is 12.4. The lowest BCUT2D eigenvalue weighted by molar-refractivity contribution is 0.197. The molecule has 0 N–H and O–H groups in total. The molecule has 0 amide bonds. The van der Waals surface area contributed by atoms with E-state index in [1.165, 1.54) is 16.7 Å². The predicted molar refractivity (Wildman–Crippen MR) is 72.5 cm³/mol. The van der Waals surface area contributed by atoms with Crippen molar-refractivity contribution in [2.45, 2.75) is 23.8 Å². The summed E-state index contributed by atoms with van der Waals surface area (Å²) in [6.07, 6.45) is 4.16. The van der Waals surface area contributed by atoms with E-state index in [-0.39, 0.29) is 16.2 Å². The van der Waals surface area contributed by atoms with Crippen molar-refractivity contribution in [2.24, 2.45) is 0 Å². The fourth-order valence-electron chi connectivity index (χ4n) is 2.15. The molecule has 1 saturated heterocycles. The topological polar surface area (TPSA) is 66.4 Å². The fraction of sp³-hybridized carbons (Fsp3) is 0.636. The normalized spacial score (nSPS) is 18.9. The molecule has 1 fully saturated rings. The molecule has 6 nitrogen and oxygen atoms in total. The maximum atomic E-state index is 12.4. The lowest BCUT2D eigenvalue weighted by Crippen LogP contribution is -2.44. The van der Waals surface area contributed by atoms with Gasteiger partial charge in [-0.25, -0.2) is 18.4 Å². The highest BCUT2D eigenvalue weighted by Gasteiger charge is 2.30. The zero-order valence-electron chi connectivity index (χ0n) is 11.0. The number of rotatable bonds is 3. The summed E-state index contributed by atoms with van der Waals surface area (Å²) in [4.78, 5) is 9.73. The van der Waals surface area contributed by atoms with E-state index in [1.54, 1.807) is 7.05 Å². The Morgan fingerprint density at radius 3 is 2.37 bits per heavy atom. The van der Waals surface area contributed by atoms with Crippen LogP contribution in [0.2, 0.25) is 5.28 Å². The highest BCUT2D eigenvalue weighted by atomic mass is 35.5. The number of sulfonamides is 1. The SMILES string of the molecule is CN1CCC(N(C)S(=O)(=O)c2cnc(Cl)nc2)CC1. The molecule has 0 unspecified atom stereocenters. The highest BCUT2D eigenvalue weighted by molar-refractivity contribution is 7.89. The first-order chi connectivity index (χ1) is 8.91. The minimum Gasteiger partial charge on any atom is -0.306 e. The van der Waals surface area contributed by atoms with E-state index in [0.29, 0.717) is 0 Å². The third kappa shape index (κ3) is 3.22. The quantitative estimate of drug-likeness (QED) is 0.774. The average Bonchev–Trinajstić information content (AvgIpc) is 2.39. The summed E-state index contributed by atoms with van der Waals surface area (Å²) in [6, 6.07) is 0.0249. The van der Waals surface area contributed by atoms with Crippen molar-refractivity contribution >= 4 is 21.6 Å². The average molecular weight is 305 g/mol. The Balaban J connectivity index is 2.17. The summed E-state index contributed by atoms with van der Waals surface area (Å²) in [5.74, 6) is 0. The van der Waals surface area contributed by atoms with E-state index in [4.69, 9.17) is 11.6 Å². The van der Waals surface area contributed by atoms with Crippen LogP contribution in [0, 0.1) is 0 Å². The second-order valence-electron chi connectivity index (χ2n) is 4.74. The maximum Gasteiger partial charge on any atom is 0.246 e. The molecule has 1 aromatic rings. The Morgan fingerprint density at radius 1 is 1.32 bits per heavy atom. The summed E-state index contributed by atoms with van der Waals surface area (Å²) in [6.45, 7) is 1.81. The summed E-state index contributed by atoms with van der Waals surface area (Å²) in [5, 5.41) is 0.0425. The third-order valence-electron chi connectivity index (χ3n) is 3.48. The molecule has 2 rings (SSSR count). The van der Waals surface area contributed by atoms with Crippen LogP contribution in [0.5, 0.6) is 0 Å². The van der Waals surface area contributed by atoms with Gasteiger partial charge >= 0.3 is 0 Å². The molecule has 1 aliphatic rings. The van der Waals surface area contributed by atoms with Gasteiger partial charge in [0.15, 0.2) is 0 Å². The molecule has 0 radical (unpaired) electrons. The minimum absolute atomic E-state index is 0.0249. The molecule has 0 bridgehead atoms. The number of likely N-dealkylation sites (tertiary alicyclic amines) is 1. The molecule has 1 aliphatic heterocycles. The Labute approximate surface area is 118 Å². The second kappa shape index (κ2) is 5.70. The summed E-state index contributed by atoms with van der Waals surface area (Å²) in [5.41, 5.74) is 0. The van der Waals surface area contributed by atoms with Crippen LogP contribution < -0.4 is 0 Å². The van der Waals surface area contributed by atoms with Crippen LogP contribution in [0.3, 0.4) is 0 Å². The van der Waals surface area contributed by atoms with Gasteiger partial charge in [0.25, 0.3) is 0 Å². The monoisotopic (exact) mass is 304 g/mol. The number of piperidine rings is 1. The van der Waals surface area contributed by atoms with Gasteiger partial charge in [0.1, 0.15) is 4.90 Å². The first-order valence-corrected chi connectivity index (χ1v) is 7.87. The van der Waals surface area contributed by atoms with Crippen LogP contribution in [0.15, 0.2) is 17.3 Å². The number of aromatic nitrogens is 2. The molecule has 0 spiro atoms. The number of nitrogens with zero attached hydrogens (tertiary/aromatic N) is 4. The van der Waals surface area contributed by atoms with Gasteiger partial charge in [-0.05, 0) is 44.6 Å². The molecule has 8 heteroatoms. The Hall–Kier alpha value is -0.760.